The van der Waals surface area contributed by atoms with E-state index < -0.39 is 5.97 Å². The molecule has 5 nitrogen and oxygen atoms in total. The summed E-state index contributed by atoms with van der Waals surface area (Å²) in [6.07, 6.45) is 1.48. The Hall–Kier alpha value is -2.14. The number of carbonyl (C=O) groups excluding carboxylic acids is 1. The highest BCUT2D eigenvalue weighted by Crippen LogP contribution is 2.26. The van der Waals surface area contributed by atoms with Crippen LogP contribution in [0.25, 0.3) is 10.9 Å². The lowest BCUT2D eigenvalue weighted by Crippen LogP contribution is -2.15. The molecule has 0 fully saturated rings. The number of nitrogens with zero attached hydrogens (tertiary/aromatic N) is 1. The summed E-state index contributed by atoms with van der Waals surface area (Å²) < 4.78 is 4.98. The molecule has 18 heavy (non-hydrogen) atoms. The van der Waals surface area contributed by atoms with Gasteiger partial charge in [0.2, 0.25) is 0 Å². The molecule has 0 aliphatic rings. The predicted octanol–water partition coefficient (Wildman–Crippen LogP) is 2.01. The van der Waals surface area contributed by atoms with E-state index >= 15 is 0 Å². The van der Waals surface area contributed by atoms with Crippen molar-refractivity contribution in [3.8, 4) is 0 Å². The zero-order valence-electron chi connectivity index (χ0n) is 10.4. The molecule has 94 valence electrons. The molecule has 0 unspecified atom stereocenters. The van der Waals surface area contributed by atoms with Crippen LogP contribution in [0.15, 0.2) is 24.4 Å². The average Bonchev–Trinajstić information content (AvgIpc) is 2.37. The number of anilines is 1. The van der Waals surface area contributed by atoms with Crippen LogP contribution < -0.4 is 11.3 Å². The number of aromatic nitrogens is 1. The second-order valence-electron chi connectivity index (χ2n) is 3.93. The van der Waals surface area contributed by atoms with Crippen molar-refractivity contribution in [2.45, 2.75) is 13.8 Å². The molecular formula is C13H15N3O2. The number of nitrogen functional groups attached to an aromatic ring is 1. The van der Waals surface area contributed by atoms with Gasteiger partial charge < -0.3 is 10.2 Å². The van der Waals surface area contributed by atoms with Gasteiger partial charge in [-0.25, -0.2) is 4.79 Å². The quantitative estimate of drug-likeness (QED) is 0.491. The van der Waals surface area contributed by atoms with Crippen molar-refractivity contribution in [1.29, 1.82) is 0 Å². The first-order valence-corrected chi connectivity index (χ1v) is 5.70. The topological polar surface area (TPSA) is 77.2 Å². The van der Waals surface area contributed by atoms with E-state index in [1.54, 1.807) is 6.92 Å². The molecule has 5 heteroatoms. The van der Waals surface area contributed by atoms with Crippen LogP contribution in [-0.4, -0.2) is 17.6 Å². The minimum atomic E-state index is -0.429. The summed E-state index contributed by atoms with van der Waals surface area (Å²) >= 11 is 0. The minimum Gasteiger partial charge on any atom is -0.462 e. The predicted molar refractivity (Wildman–Crippen MR) is 70.2 cm³/mol. The number of hydrazine groups is 1. The number of nitrogens with two attached hydrogens (primary N) is 1. The number of rotatable bonds is 3. The highest BCUT2D eigenvalue weighted by molar-refractivity contribution is 6.04. The van der Waals surface area contributed by atoms with E-state index in [2.05, 4.69) is 10.4 Å². The van der Waals surface area contributed by atoms with Crippen molar-refractivity contribution in [2.75, 3.05) is 12.0 Å². The summed E-state index contributed by atoms with van der Waals surface area (Å²) in [6, 6.07) is 5.78. The van der Waals surface area contributed by atoms with Gasteiger partial charge in [-0.3, -0.25) is 10.8 Å². The molecule has 0 amide bonds. The number of pyridine rings is 1. The number of benzene rings is 1. The third-order valence-electron chi connectivity index (χ3n) is 2.66. The Morgan fingerprint density at radius 1 is 1.50 bits per heavy atom. The molecule has 0 saturated heterocycles. The summed E-state index contributed by atoms with van der Waals surface area (Å²) in [7, 11) is 0. The van der Waals surface area contributed by atoms with Gasteiger partial charge in [0, 0.05) is 11.6 Å². The maximum absolute atomic E-state index is 11.8. The van der Waals surface area contributed by atoms with Crippen LogP contribution in [0, 0.1) is 6.92 Å². The zero-order chi connectivity index (χ0) is 13.1. The summed E-state index contributed by atoms with van der Waals surface area (Å²) in [5.74, 6) is 5.09. The van der Waals surface area contributed by atoms with Crippen LogP contribution in [0.1, 0.15) is 22.8 Å². The Labute approximate surface area is 105 Å². The van der Waals surface area contributed by atoms with Crippen molar-refractivity contribution >= 4 is 22.6 Å². The lowest BCUT2D eigenvalue weighted by molar-refractivity contribution is 0.0527. The van der Waals surface area contributed by atoms with Gasteiger partial charge in [0.25, 0.3) is 0 Å². The Bertz CT molecular complexity index is 596. The monoisotopic (exact) mass is 245 g/mol. The van der Waals surface area contributed by atoms with E-state index in [-0.39, 0.29) is 0 Å². The first-order chi connectivity index (χ1) is 8.67. The Kier molecular flexibility index (Phi) is 3.43. The Morgan fingerprint density at radius 2 is 2.28 bits per heavy atom. The van der Waals surface area contributed by atoms with Gasteiger partial charge in [0.05, 0.1) is 17.8 Å². The van der Waals surface area contributed by atoms with Gasteiger partial charge in [0.1, 0.15) is 5.56 Å². The highest BCUT2D eigenvalue weighted by Gasteiger charge is 2.15. The van der Waals surface area contributed by atoms with Gasteiger partial charge in [-0.1, -0.05) is 11.6 Å². The SMILES string of the molecule is CCOC(=O)c1cnc2ccc(C)cc2c1NN. The molecule has 0 saturated carbocycles. The molecule has 1 heterocycles. The summed E-state index contributed by atoms with van der Waals surface area (Å²) in [5, 5.41) is 0.808. The van der Waals surface area contributed by atoms with E-state index in [9.17, 15) is 4.79 Å². The van der Waals surface area contributed by atoms with Crippen LogP contribution in [0.3, 0.4) is 0 Å². The molecule has 0 spiro atoms. The van der Waals surface area contributed by atoms with Crippen molar-refractivity contribution in [3.63, 3.8) is 0 Å². The molecule has 0 atom stereocenters. The fraction of sp³-hybridized carbons (Fsp3) is 0.231. The Balaban J connectivity index is 2.65. The number of hydrogen-bond acceptors (Lipinski definition) is 5. The van der Waals surface area contributed by atoms with Gasteiger partial charge >= 0.3 is 5.97 Å². The summed E-state index contributed by atoms with van der Waals surface area (Å²) in [6.45, 7) is 4.04. The number of fused-ring (bicyclic) bond motifs is 1. The molecule has 0 aliphatic heterocycles. The first kappa shape index (κ1) is 12.3. The number of esters is 1. The van der Waals surface area contributed by atoms with Crippen molar-refractivity contribution in [1.82, 2.24) is 4.98 Å². The number of nitrogens with one attached hydrogen (secondary N) is 1. The molecule has 2 rings (SSSR count). The van der Waals surface area contributed by atoms with Crippen molar-refractivity contribution in [2.24, 2.45) is 5.84 Å². The molecular weight excluding hydrogens is 230 g/mol. The average molecular weight is 245 g/mol. The van der Waals surface area contributed by atoms with E-state index in [1.807, 2.05) is 25.1 Å². The van der Waals surface area contributed by atoms with Gasteiger partial charge in [0.15, 0.2) is 0 Å². The molecule has 3 N–H and O–H groups in total. The van der Waals surface area contributed by atoms with Crippen LogP contribution in [0.4, 0.5) is 5.69 Å². The number of hydrogen-bond donors (Lipinski definition) is 2. The fourth-order valence-electron chi connectivity index (χ4n) is 1.83. The van der Waals surface area contributed by atoms with Gasteiger partial charge in [-0.2, -0.15) is 0 Å². The summed E-state index contributed by atoms with van der Waals surface area (Å²) in [5.41, 5.74) is 5.30. The third-order valence-corrected chi connectivity index (χ3v) is 2.66. The Morgan fingerprint density at radius 3 is 2.94 bits per heavy atom. The van der Waals surface area contributed by atoms with Crippen molar-refractivity contribution in [3.05, 3.63) is 35.5 Å². The van der Waals surface area contributed by atoms with E-state index in [4.69, 9.17) is 10.6 Å². The molecule has 0 radical (unpaired) electrons. The largest absolute Gasteiger partial charge is 0.462 e. The standard InChI is InChI=1S/C13H15N3O2/c1-3-18-13(17)10-7-15-11-5-4-8(2)6-9(11)12(10)16-14/h4-7H,3,14H2,1-2H3,(H,15,16). The van der Waals surface area contributed by atoms with E-state index in [0.717, 1.165) is 16.5 Å². The fourth-order valence-corrected chi connectivity index (χ4v) is 1.83. The van der Waals surface area contributed by atoms with E-state index in [1.165, 1.54) is 6.20 Å². The maximum atomic E-state index is 11.8. The molecule has 1 aromatic carbocycles. The van der Waals surface area contributed by atoms with Gasteiger partial charge in [-0.05, 0) is 26.0 Å². The highest BCUT2D eigenvalue weighted by atomic mass is 16.5. The molecule has 0 bridgehead atoms. The van der Waals surface area contributed by atoms with Gasteiger partial charge in [-0.15, -0.1) is 0 Å². The minimum absolute atomic E-state index is 0.314. The smallest absolute Gasteiger partial charge is 0.341 e. The van der Waals surface area contributed by atoms with Crippen LogP contribution in [0.2, 0.25) is 0 Å². The third kappa shape index (κ3) is 2.12. The summed E-state index contributed by atoms with van der Waals surface area (Å²) in [4.78, 5) is 16.0. The lowest BCUT2D eigenvalue weighted by atomic mass is 10.1. The maximum Gasteiger partial charge on any atom is 0.341 e. The second kappa shape index (κ2) is 5.01. The molecule has 2 aromatic rings. The second-order valence-corrected chi connectivity index (χ2v) is 3.93. The number of ether oxygens (including phenoxy) is 1. The molecule has 1 aromatic heterocycles. The lowest BCUT2D eigenvalue weighted by Gasteiger charge is -2.11. The normalized spacial score (nSPS) is 10.4. The first-order valence-electron chi connectivity index (χ1n) is 5.70. The number of carbonyl (C=O) groups is 1. The zero-order valence-corrected chi connectivity index (χ0v) is 10.4. The van der Waals surface area contributed by atoms with Crippen LogP contribution in [0.5, 0.6) is 0 Å². The number of aryl methyl sites for hydroxylation is 1. The van der Waals surface area contributed by atoms with Crippen LogP contribution >= 0.6 is 0 Å². The van der Waals surface area contributed by atoms with Crippen molar-refractivity contribution < 1.29 is 9.53 Å². The molecule has 0 aliphatic carbocycles. The van der Waals surface area contributed by atoms with Crippen LogP contribution in [-0.2, 0) is 4.74 Å². The van der Waals surface area contributed by atoms with E-state index in [0.29, 0.717) is 17.9 Å².